The fraction of sp³-hybridized carbons (Fsp3) is 0.474. The van der Waals surface area contributed by atoms with E-state index < -0.39 is 0 Å². The molecule has 144 valence electrons. The molecule has 2 amide bonds. The third-order valence-corrected chi connectivity index (χ3v) is 4.59. The van der Waals surface area contributed by atoms with Gasteiger partial charge in [0.05, 0.1) is 23.8 Å². The number of fused-ring (bicyclic) bond motifs is 1. The number of carbonyl (C=O) groups is 2. The Morgan fingerprint density at radius 3 is 2.52 bits per heavy atom. The average molecular weight is 371 g/mol. The van der Waals surface area contributed by atoms with Crippen molar-refractivity contribution in [3.63, 3.8) is 0 Å². The Morgan fingerprint density at radius 1 is 1.11 bits per heavy atom. The van der Waals surface area contributed by atoms with Gasteiger partial charge in [-0.05, 0) is 26.0 Å². The predicted octanol–water partition coefficient (Wildman–Crippen LogP) is 0.0653. The molecular formula is C19H25N5O3. The zero-order valence-electron chi connectivity index (χ0n) is 15.7. The summed E-state index contributed by atoms with van der Waals surface area (Å²) in [5, 5.41) is 2.87. The summed E-state index contributed by atoms with van der Waals surface area (Å²) in [5.41, 5.74) is 1.05. The van der Waals surface area contributed by atoms with Crippen LogP contribution in [0.25, 0.3) is 11.0 Å². The van der Waals surface area contributed by atoms with Crippen LogP contribution in [0.2, 0.25) is 0 Å². The summed E-state index contributed by atoms with van der Waals surface area (Å²) < 4.78 is 1.47. The highest BCUT2D eigenvalue weighted by Crippen LogP contribution is 2.09. The highest BCUT2D eigenvalue weighted by Gasteiger charge is 2.23. The fourth-order valence-corrected chi connectivity index (χ4v) is 3.24. The van der Waals surface area contributed by atoms with Crippen LogP contribution in [0.3, 0.4) is 0 Å². The van der Waals surface area contributed by atoms with E-state index in [1.807, 2.05) is 36.9 Å². The van der Waals surface area contributed by atoms with E-state index >= 15 is 0 Å². The summed E-state index contributed by atoms with van der Waals surface area (Å²) in [5.74, 6) is -0.0979. The van der Waals surface area contributed by atoms with E-state index in [0.29, 0.717) is 43.8 Å². The maximum absolute atomic E-state index is 12.7. The number of aromatic nitrogens is 2. The standard InChI is InChI=1S/C19H25N5O3/c1-14(2)21-17(25)12-22-7-9-23(10-8-22)19(27)13-24-16-6-4-3-5-15(16)20-11-18(24)26/h3-6,11,14H,7-10,12-13H2,1-2H3,(H,21,25). The van der Waals surface area contributed by atoms with E-state index in [9.17, 15) is 14.4 Å². The first kappa shape index (κ1) is 19.0. The molecular weight excluding hydrogens is 346 g/mol. The Labute approximate surface area is 157 Å². The van der Waals surface area contributed by atoms with Gasteiger partial charge in [-0.1, -0.05) is 12.1 Å². The van der Waals surface area contributed by atoms with E-state index in [-0.39, 0.29) is 30.0 Å². The van der Waals surface area contributed by atoms with Crippen molar-refractivity contribution < 1.29 is 9.59 Å². The largest absolute Gasteiger partial charge is 0.353 e. The van der Waals surface area contributed by atoms with Gasteiger partial charge in [-0.2, -0.15) is 0 Å². The Morgan fingerprint density at radius 2 is 1.81 bits per heavy atom. The summed E-state index contributed by atoms with van der Waals surface area (Å²) in [7, 11) is 0. The minimum absolute atomic E-state index is 0.000385. The molecule has 1 aromatic heterocycles. The molecule has 0 atom stereocenters. The second kappa shape index (κ2) is 8.30. The van der Waals surface area contributed by atoms with Crippen LogP contribution in [-0.4, -0.2) is 69.9 Å². The second-order valence-corrected chi connectivity index (χ2v) is 7.05. The number of amides is 2. The maximum Gasteiger partial charge on any atom is 0.269 e. The average Bonchev–Trinajstić information content (AvgIpc) is 2.64. The number of hydrogen-bond donors (Lipinski definition) is 1. The third-order valence-electron chi connectivity index (χ3n) is 4.59. The smallest absolute Gasteiger partial charge is 0.269 e. The monoisotopic (exact) mass is 371 g/mol. The molecule has 27 heavy (non-hydrogen) atoms. The summed E-state index contributed by atoms with van der Waals surface area (Å²) >= 11 is 0. The zero-order valence-corrected chi connectivity index (χ0v) is 15.7. The van der Waals surface area contributed by atoms with Gasteiger partial charge in [0.25, 0.3) is 5.56 Å². The lowest BCUT2D eigenvalue weighted by Gasteiger charge is -2.34. The van der Waals surface area contributed by atoms with Gasteiger partial charge in [-0.3, -0.25) is 23.9 Å². The van der Waals surface area contributed by atoms with Crippen molar-refractivity contribution in [2.45, 2.75) is 26.4 Å². The maximum atomic E-state index is 12.7. The molecule has 1 aromatic carbocycles. The second-order valence-electron chi connectivity index (χ2n) is 7.05. The Hall–Kier alpha value is -2.74. The number of nitrogens with zero attached hydrogens (tertiary/aromatic N) is 4. The molecule has 0 bridgehead atoms. The van der Waals surface area contributed by atoms with Crippen molar-refractivity contribution in [1.82, 2.24) is 24.7 Å². The topological polar surface area (TPSA) is 87.5 Å². The summed E-state index contributed by atoms with van der Waals surface area (Å²) in [4.78, 5) is 44.6. The molecule has 1 saturated heterocycles. The van der Waals surface area contributed by atoms with Crippen molar-refractivity contribution in [3.8, 4) is 0 Å². The zero-order chi connectivity index (χ0) is 19.4. The molecule has 1 N–H and O–H groups in total. The lowest BCUT2D eigenvalue weighted by molar-refractivity contribution is -0.133. The van der Waals surface area contributed by atoms with Gasteiger partial charge in [0.1, 0.15) is 6.54 Å². The van der Waals surface area contributed by atoms with Gasteiger partial charge in [-0.25, -0.2) is 4.98 Å². The lowest BCUT2D eigenvalue weighted by Crippen LogP contribution is -2.52. The van der Waals surface area contributed by atoms with Crippen LogP contribution in [0, 0.1) is 0 Å². The minimum Gasteiger partial charge on any atom is -0.353 e. The van der Waals surface area contributed by atoms with Crippen molar-refractivity contribution in [2.24, 2.45) is 0 Å². The Bertz CT molecular complexity index is 884. The molecule has 0 radical (unpaired) electrons. The lowest BCUT2D eigenvalue weighted by atomic mass is 10.2. The number of benzene rings is 1. The van der Waals surface area contributed by atoms with Crippen molar-refractivity contribution in [1.29, 1.82) is 0 Å². The van der Waals surface area contributed by atoms with E-state index in [0.717, 1.165) is 0 Å². The first-order valence-corrected chi connectivity index (χ1v) is 9.18. The minimum atomic E-state index is -0.286. The van der Waals surface area contributed by atoms with Crippen molar-refractivity contribution >= 4 is 22.8 Å². The first-order valence-electron chi connectivity index (χ1n) is 9.18. The third kappa shape index (κ3) is 4.71. The van der Waals surface area contributed by atoms with Gasteiger partial charge in [-0.15, -0.1) is 0 Å². The summed E-state index contributed by atoms with van der Waals surface area (Å²) in [6.07, 6.45) is 1.25. The molecule has 2 heterocycles. The molecule has 1 aliphatic heterocycles. The Balaban J connectivity index is 1.60. The van der Waals surface area contributed by atoms with E-state index in [1.165, 1.54) is 10.8 Å². The molecule has 1 aliphatic rings. The molecule has 8 nitrogen and oxygen atoms in total. The SMILES string of the molecule is CC(C)NC(=O)CN1CCN(C(=O)Cn2c(=O)cnc3ccccc32)CC1. The quantitative estimate of drug-likeness (QED) is 0.803. The fourth-order valence-electron chi connectivity index (χ4n) is 3.24. The van der Waals surface area contributed by atoms with Crippen LogP contribution >= 0.6 is 0 Å². The summed E-state index contributed by atoms with van der Waals surface area (Å²) in [6.45, 7) is 6.58. The van der Waals surface area contributed by atoms with E-state index in [2.05, 4.69) is 10.3 Å². The molecule has 0 aliphatic carbocycles. The van der Waals surface area contributed by atoms with Crippen LogP contribution in [-0.2, 0) is 16.1 Å². The van der Waals surface area contributed by atoms with Crippen LogP contribution in [0.4, 0.5) is 0 Å². The van der Waals surface area contributed by atoms with E-state index in [1.54, 1.807) is 11.0 Å². The van der Waals surface area contributed by atoms with Crippen molar-refractivity contribution in [2.75, 3.05) is 32.7 Å². The highest BCUT2D eigenvalue weighted by molar-refractivity contribution is 5.80. The number of rotatable bonds is 5. The van der Waals surface area contributed by atoms with Gasteiger partial charge < -0.3 is 10.2 Å². The van der Waals surface area contributed by atoms with Crippen LogP contribution in [0.15, 0.2) is 35.3 Å². The first-order chi connectivity index (χ1) is 12.9. The summed E-state index contributed by atoms with van der Waals surface area (Å²) in [6, 6.07) is 7.40. The Kier molecular flexibility index (Phi) is 5.85. The molecule has 0 saturated carbocycles. The van der Waals surface area contributed by atoms with Crippen LogP contribution < -0.4 is 10.9 Å². The number of para-hydroxylation sites is 2. The number of piperazine rings is 1. The van der Waals surface area contributed by atoms with Gasteiger partial charge >= 0.3 is 0 Å². The van der Waals surface area contributed by atoms with Crippen molar-refractivity contribution in [3.05, 3.63) is 40.8 Å². The van der Waals surface area contributed by atoms with Crippen LogP contribution in [0.5, 0.6) is 0 Å². The molecule has 3 rings (SSSR count). The van der Waals surface area contributed by atoms with Crippen LogP contribution in [0.1, 0.15) is 13.8 Å². The van der Waals surface area contributed by atoms with Gasteiger partial charge in [0, 0.05) is 32.2 Å². The van der Waals surface area contributed by atoms with E-state index in [4.69, 9.17) is 0 Å². The normalized spacial score (nSPS) is 15.3. The molecule has 0 unspecified atom stereocenters. The predicted molar refractivity (Wildman–Crippen MR) is 102 cm³/mol. The number of hydrogen-bond acceptors (Lipinski definition) is 5. The number of carbonyl (C=O) groups excluding carboxylic acids is 2. The van der Waals surface area contributed by atoms with Gasteiger partial charge in [0.15, 0.2) is 0 Å². The number of nitrogens with one attached hydrogen (secondary N) is 1. The molecule has 1 fully saturated rings. The highest BCUT2D eigenvalue weighted by atomic mass is 16.2. The van der Waals surface area contributed by atoms with Gasteiger partial charge in [0.2, 0.25) is 11.8 Å². The molecule has 2 aromatic rings. The molecule has 8 heteroatoms. The molecule has 0 spiro atoms.